The minimum absolute atomic E-state index is 0.0717. The molecule has 2 rings (SSSR count). The molecule has 0 aliphatic carbocycles. The van der Waals surface area contributed by atoms with Gasteiger partial charge in [0.1, 0.15) is 18.3 Å². The zero-order valence-electron chi connectivity index (χ0n) is 8.27. The lowest BCUT2D eigenvalue weighted by atomic mass is 10.1. The summed E-state index contributed by atoms with van der Waals surface area (Å²) in [6.45, 7) is 0.730. The maximum absolute atomic E-state index is 10.4. The van der Waals surface area contributed by atoms with Crippen LogP contribution in [0.2, 0.25) is 0 Å². The predicted molar refractivity (Wildman–Crippen MR) is 50.3 cm³/mol. The Morgan fingerprint density at radius 1 is 1.60 bits per heavy atom. The first-order valence-corrected chi connectivity index (χ1v) is 5.00. The Hall–Kier alpha value is -1.43. The number of aromatic amines is 1. The quantitative estimate of drug-likeness (QED) is 0.767. The molecule has 0 saturated carbocycles. The highest BCUT2D eigenvalue weighted by molar-refractivity contribution is 5.68. The molecule has 0 spiro atoms. The van der Waals surface area contributed by atoms with E-state index in [1.165, 1.54) is 0 Å². The molecule has 1 aromatic rings. The summed E-state index contributed by atoms with van der Waals surface area (Å²) in [5.74, 6) is 0.0416. The van der Waals surface area contributed by atoms with Crippen molar-refractivity contribution in [2.75, 3.05) is 6.61 Å². The molecule has 1 aromatic heterocycles. The van der Waals surface area contributed by atoms with Crippen molar-refractivity contribution < 1.29 is 14.6 Å². The van der Waals surface area contributed by atoms with Crippen LogP contribution in [0, 0.1) is 0 Å². The van der Waals surface area contributed by atoms with Crippen LogP contribution in [0.5, 0.6) is 0 Å². The normalized spacial score (nSPS) is 21.5. The van der Waals surface area contributed by atoms with E-state index in [2.05, 4.69) is 15.2 Å². The molecule has 2 heterocycles. The number of carboxylic acids is 1. The minimum Gasteiger partial charge on any atom is -0.481 e. The number of H-pyrrole nitrogens is 1. The molecule has 15 heavy (non-hydrogen) atoms. The third-order valence-electron chi connectivity index (χ3n) is 2.34. The van der Waals surface area contributed by atoms with E-state index in [0.29, 0.717) is 11.6 Å². The van der Waals surface area contributed by atoms with Gasteiger partial charge in [-0.3, -0.25) is 9.89 Å². The van der Waals surface area contributed by atoms with Gasteiger partial charge < -0.3 is 9.84 Å². The average molecular weight is 211 g/mol. The Morgan fingerprint density at radius 3 is 3.13 bits per heavy atom. The summed E-state index contributed by atoms with van der Waals surface area (Å²) in [4.78, 5) is 14.5. The number of carboxylic acid groups (broad SMARTS) is 1. The van der Waals surface area contributed by atoms with E-state index in [-0.39, 0.29) is 12.5 Å². The van der Waals surface area contributed by atoms with Crippen LogP contribution in [-0.2, 0) is 16.0 Å². The summed E-state index contributed by atoms with van der Waals surface area (Å²) in [5.41, 5.74) is 0. The first kappa shape index (κ1) is 10.1. The summed E-state index contributed by atoms with van der Waals surface area (Å²) >= 11 is 0. The highest BCUT2D eigenvalue weighted by atomic mass is 16.5. The van der Waals surface area contributed by atoms with E-state index in [1.54, 1.807) is 0 Å². The predicted octanol–water partition coefficient (Wildman–Crippen LogP) is 0.673. The summed E-state index contributed by atoms with van der Waals surface area (Å²) in [6.07, 6.45) is 2.89. The number of carbonyl (C=O) groups is 1. The van der Waals surface area contributed by atoms with Gasteiger partial charge in [0.2, 0.25) is 0 Å². The molecular formula is C9H13N3O3. The van der Waals surface area contributed by atoms with Crippen LogP contribution in [0.25, 0.3) is 0 Å². The van der Waals surface area contributed by atoms with Crippen molar-refractivity contribution in [3.05, 3.63) is 11.6 Å². The number of ether oxygens (including phenoxy) is 1. The smallest absolute Gasteiger partial charge is 0.311 e. The standard InChI is InChI=1S/C9H13N3O3/c13-8(14)5-7-10-9(12-11-7)6-3-1-2-4-15-6/h6H,1-5H2,(H,13,14)(H,10,11,12). The van der Waals surface area contributed by atoms with E-state index in [1.807, 2.05) is 0 Å². The van der Waals surface area contributed by atoms with Crippen molar-refractivity contribution in [2.24, 2.45) is 0 Å². The molecule has 82 valence electrons. The van der Waals surface area contributed by atoms with Crippen molar-refractivity contribution in [2.45, 2.75) is 31.8 Å². The Labute approximate surface area is 86.7 Å². The van der Waals surface area contributed by atoms with Crippen LogP contribution in [0.3, 0.4) is 0 Å². The van der Waals surface area contributed by atoms with Gasteiger partial charge >= 0.3 is 5.97 Å². The average Bonchev–Trinajstić information content (AvgIpc) is 2.67. The van der Waals surface area contributed by atoms with Crippen LogP contribution in [0.15, 0.2) is 0 Å². The Balaban J connectivity index is 2.02. The molecule has 2 N–H and O–H groups in total. The number of rotatable bonds is 3. The number of nitrogens with one attached hydrogen (secondary N) is 1. The first-order valence-electron chi connectivity index (χ1n) is 5.00. The van der Waals surface area contributed by atoms with Crippen molar-refractivity contribution in [3.63, 3.8) is 0 Å². The third kappa shape index (κ3) is 2.53. The zero-order valence-corrected chi connectivity index (χ0v) is 8.27. The van der Waals surface area contributed by atoms with Crippen LogP contribution in [-0.4, -0.2) is 32.9 Å². The molecule has 1 aliphatic heterocycles. The summed E-state index contributed by atoms with van der Waals surface area (Å²) in [5, 5.41) is 15.1. The molecule has 0 bridgehead atoms. The summed E-state index contributed by atoms with van der Waals surface area (Å²) in [7, 11) is 0. The molecule has 1 unspecified atom stereocenters. The van der Waals surface area contributed by atoms with Gasteiger partial charge in [0.05, 0.1) is 0 Å². The first-order chi connectivity index (χ1) is 7.25. The maximum Gasteiger partial charge on any atom is 0.311 e. The summed E-state index contributed by atoms with van der Waals surface area (Å²) in [6, 6.07) is 0. The molecule has 1 fully saturated rings. The molecule has 1 atom stereocenters. The second-order valence-electron chi connectivity index (χ2n) is 3.57. The molecule has 0 aromatic carbocycles. The Bertz CT molecular complexity index is 344. The van der Waals surface area contributed by atoms with Gasteiger partial charge in [-0.1, -0.05) is 0 Å². The van der Waals surface area contributed by atoms with E-state index < -0.39 is 5.97 Å². The molecule has 1 aliphatic rings. The topological polar surface area (TPSA) is 88.1 Å². The number of nitrogens with zero attached hydrogens (tertiary/aromatic N) is 2. The van der Waals surface area contributed by atoms with Gasteiger partial charge in [-0.2, -0.15) is 5.10 Å². The Morgan fingerprint density at radius 2 is 2.47 bits per heavy atom. The van der Waals surface area contributed by atoms with E-state index in [0.717, 1.165) is 25.9 Å². The molecule has 0 radical (unpaired) electrons. The minimum atomic E-state index is -0.915. The zero-order chi connectivity index (χ0) is 10.7. The second kappa shape index (κ2) is 4.39. The SMILES string of the molecule is O=C(O)Cc1nc(C2CCCCO2)n[nH]1. The van der Waals surface area contributed by atoms with Crippen molar-refractivity contribution in [1.29, 1.82) is 0 Å². The van der Waals surface area contributed by atoms with E-state index in [9.17, 15) is 4.79 Å². The fraction of sp³-hybridized carbons (Fsp3) is 0.667. The van der Waals surface area contributed by atoms with Crippen LogP contribution in [0.1, 0.15) is 37.0 Å². The van der Waals surface area contributed by atoms with E-state index >= 15 is 0 Å². The lowest BCUT2D eigenvalue weighted by Gasteiger charge is -2.19. The maximum atomic E-state index is 10.4. The molecule has 6 nitrogen and oxygen atoms in total. The number of aromatic nitrogens is 3. The lowest BCUT2D eigenvalue weighted by Crippen LogP contribution is -2.13. The highest BCUT2D eigenvalue weighted by Crippen LogP contribution is 2.24. The number of hydrogen-bond donors (Lipinski definition) is 2. The van der Waals surface area contributed by atoms with Crippen molar-refractivity contribution in [1.82, 2.24) is 15.2 Å². The monoisotopic (exact) mass is 211 g/mol. The fourth-order valence-corrected chi connectivity index (χ4v) is 1.62. The number of hydrogen-bond acceptors (Lipinski definition) is 4. The van der Waals surface area contributed by atoms with Gasteiger partial charge in [-0.25, -0.2) is 4.98 Å². The van der Waals surface area contributed by atoms with Crippen LogP contribution >= 0.6 is 0 Å². The van der Waals surface area contributed by atoms with Crippen LogP contribution in [0.4, 0.5) is 0 Å². The Kier molecular flexibility index (Phi) is 2.96. The molecule has 6 heteroatoms. The van der Waals surface area contributed by atoms with E-state index in [4.69, 9.17) is 9.84 Å². The third-order valence-corrected chi connectivity index (χ3v) is 2.34. The molecular weight excluding hydrogens is 198 g/mol. The lowest BCUT2D eigenvalue weighted by molar-refractivity contribution is -0.136. The van der Waals surface area contributed by atoms with Gasteiger partial charge in [-0.05, 0) is 19.3 Å². The highest BCUT2D eigenvalue weighted by Gasteiger charge is 2.20. The van der Waals surface area contributed by atoms with Gasteiger partial charge in [0.25, 0.3) is 0 Å². The van der Waals surface area contributed by atoms with Crippen molar-refractivity contribution in [3.8, 4) is 0 Å². The fourth-order valence-electron chi connectivity index (χ4n) is 1.62. The second-order valence-corrected chi connectivity index (χ2v) is 3.57. The van der Waals surface area contributed by atoms with Gasteiger partial charge in [0.15, 0.2) is 5.82 Å². The molecule has 1 saturated heterocycles. The largest absolute Gasteiger partial charge is 0.481 e. The molecule has 0 amide bonds. The van der Waals surface area contributed by atoms with Gasteiger partial charge in [-0.15, -0.1) is 0 Å². The van der Waals surface area contributed by atoms with Gasteiger partial charge in [0, 0.05) is 6.61 Å². The number of aliphatic carboxylic acids is 1. The van der Waals surface area contributed by atoms with Crippen molar-refractivity contribution >= 4 is 5.97 Å². The van der Waals surface area contributed by atoms with Crippen LogP contribution < -0.4 is 0 Å². The summed E-state index contributed by atoms with van der Waals surface area (Å²) < 4.78 is 5.49.